The maximum atomic E-state index is 13.2. The van der Waals surface area contributed by atoms with Crippen molar-refractivity contribution in [1.82, 2.24) is 9.21 Å². The average Bonchev–Trinajstić information content (AvgIpc) is 2.68. The van der Waals surface area contributed by atoms with Crippen LogP contribution in [-0.2, 0) is 21.0 Å². The number of benzene rings is 2. The summed E-state index contributed by atoms with van der Waals surface area (Å²) in [5.41, 5.74) is 0.229. The monoisotopic (exact) mass is 489 g/mol. The molecule has 1 amide bonds. The van der Waals surface area contributed by atoms with Gasteiger partial charge in [0.2, 0.25) is 15.9 Å². The van der Waals surface area contributed by atoms with E-state index in [1.165, 1.54) is 10.4 Å². The lowest BCUT2D eigenvalue weighted by Crippen LogP contribution is -2.50. The normalized spacial score (nSPS) is 16.2. The quantitative estimate of drug-likeness (QED) is 0.691. The van der Waals surface area contributed by atoms with Gasteiger partial charge in [-0.25, -0.2) is 8.42 Å². The summed E-state index contributed by atoms with van der Waals surface area (Å²) in [5, 5.41) is 2.19. The van der Waals surface area contributed by atoms with E-state index in [-0.39, 0.29) is 48.3 Å². The number of nitrogens with one attached hydrogen (secondary N) is 1. The molecule has 0 aliphatic carbocycles. The van der Waals surface area contributed by atoms with Gasteiger partial charge in [-0.1, -0.05) is 29.3 Å². The van der Waals surface area contributed by atoms with Crippen LogP contribution in [0.1, 0.15) is 16.7 Å². The van der Waals surface area contributed by atoms with E-state index in [9.17, 15) is 26.4 Å². The number of amides is 1. The number of rotatable bonds is 5. The number of nitrogens with zero attached hydrogens (tertiary/aromatic N) is 2. The third kappa shape index (κ3) is 5.61. The topological polar surface area (TPSA) is 69.7 Å². The summed E-state index contributed by atoms with van der Waals surface area (Å²) in [6, 6.07) is 8.27. The minimum absolute atomic E-state index is 0.0866. The minimum atomic E-state index is -4.67. The first-order valence-electron chi connectivity index (χ1n) is 9.84. The molecule has 32 heavy (non-hydrogen) atoms. The second kappa shape index (κ2) is 9.38. The second-order valence-electron chi connectivity index (χ2n) is 7.69. The van der Waals surface area contributed by atoms with Crippen molar-refractivity contribution < 1.29 is 26.4 Å². The first-order chi connectivity index (χ1) is 14.9. The Bertz CT molecular complexity index is 1120. The van der Waals surface area contributed by atoms with Crippen molar-refractivity contribution in [1.29, 1.82) is 0 Å². The van der Waals surface area contributed by atoms with Gasteiger partial charge in [-0.2, -0.15) is 17.5 Å². The fourth-order valence-corrected chi connectivity index (χ4v) is 5.41. The van der Waals surface area contributed by atoms with Crippen LogP contribution in [0, 0.1) is 13.8 Å². The molecule has 2 aromatic rings. The molecule has 0 saturated carbocycles. The van der Waals surface area contributed by atoms with Crippen LogP contribution in [0.15, 0.2) is 41.3 Å². The van der Waals surface area contributed by atoms with Gasteiger partial charge in [0.1, 0.15) is 0 Å². The highest BCUT2D eigenvalue weighted by molar-refractivity contribution is 7.89. The Kier molecular flexibility index (Phi) is 7.18. The maximum Gasteiger partial charge on any atom is 0.418 e. The van der Waals surface area contributed by atoms with Gasteiger partial charge in [0.05, 0.1) is 22.7 Å². The van der Waals surface area contributed by atoms with Crippen LogP contribution in [0.25, 0.3) is 0 Å². The SMILES string of the molecule is Cc1ccc(S(=O)(=O)N2CCN(CC(=O)Nc3ccc(Cl)cc3C(F)(F)F)CC2)c(C)c1. The van der Waals surface area contributed by atoms with Crippen LogP contribution in [0.5, 0.6) is 0 Å². The Balaban J connectivity index is 1.61. The van der Waals surface area contributed by atoms with E-state index in [2.05, 4.69) is 5.32 Å². The van der Waals surface area contributed by atoms with Crippen LogP contribution in [-0.4, -0.2) is 56.3 Å². The molecule has 1 aliphatic rings. The van der Waals surface area contributed by atoms with Crippen LogP contribution in [0.4, 0.5) is 18.9 Å². The van der Waals surface area contributed by atoms with Crippen molar-refractivity contribution in [2.45, 2.75) is 24.9 Å². The highest BCUT2D eigenvalue weighted by Crippen LogP contribution is 2.36. The maximum absolute atomic E-state index is 13.2. The third-order valence-electron chi connectivity index (χ3n) is 5.21. The molecule has 0 aromatic heterocycles. The lowest BCUT2D eigenvalue weighted by molar-refractivity contribution is -0.137. The summed E-state index contributed by atoms with van der Waals surface area (Å²) >= 11 is 5.65. The number of halogens is 4. The lowest BCUT2D eigenvalue weighted by atomic mass is 10.1. The molecule has 6 nitrogen and oxygen atoms in total. The van der Waals surface area contributed by atoms with Crippen molar-refractivity contribution in [2.75, 3.05) is 38.0 Å². The molecule has 0 spiro atoms. The zero-order valence-corrected chi connectivity index (χ0v) is 19.1. The number of hydrogen-bond acceptors (Lipinski definition) is 4. The molecule has 3 rings (SSSR count). The van der Waals surface area contributed by atoms with E-state index in [1.807, 2.05) is 6.92 Å². The molecule has 174 valence electrons. The van der Waals surface area contributed by atoms with E-state index >= 15 is 0 Å². The predicted molar refractivity (Wildman–Crippen MR) is 116 cm³/mol. The van der Waals surface area contributed by atoms with E-state index in [4.69, 9.17) is 11.6 Å². The summed E-state index contributed by atoms with van der Waals surface area (Å²) in [6.45, 7) is 4.39. The molecular formula is C21H23ClF3N3O3S. The molecule has 0 bridgehead atoms. The average molecular weight is 490 g/mol. The molecule has 1 aliphatic heterocycles. The Morgan fingerprint density at radius 1 is 1.06 bits per heavy atom. The predicted octanol–water partition coefficient (Wildman–Crippen LogP) is 3.92. The number of carbonyl (C=O) groups is 1. The highest BCUT2D eigenvalue weighted by atomic mass is 35.5. The molecule has 0 atom stereocenters. The standard InChI is InChI=1S/C21H23ClF3N3O3S/c1-14-3-6-19(15(2)11-14)32(30,31)28-9-7-27(8-10-28)13-20(29)26-18-5-4-16(22)12-17(18)21(23,24)25/h3-6,11-12H,7-10,13H2,1-2H3,(H,26,29). The number of anilines is 1. The summed E-state index contributed by atoms with van der Waals surface area (Å²) in [7, 11) is -3.67. The Labute approximate surface area is 190 Å². The molecule has 2 aromatic carbocycles. The molecule has 1 fully saturated rings. The van der Waals surface area contributed by atoms with Crippen LogP contribution < -0.4 is 5.32 Å². The van der Waals surface area contributed by atoms with Crippen molar-refractivity contribution >= 4 is 33.2 Å². The Morgan fingerprint density at radius 2 is 1.72 bits per heavy atom. The number of aryl methyl sites for hydroxylation is 2. The van der Waals surface area contributed by atoms with Gasteiger partial charge in [0, 0.05) is 31.2 Å². The van der Waals surface area contributed by atoms with Gasteiger partial charge < -0.3 is 5.32 Å². The number of carbonyl (C=O) groups excluding carboxylic acids is 1. The summed E-state index contributed by atoms with van der Waals surface area (Å²) in [5.74, 6) is -0.622. The summed E-state index contributed by atoms with van der Waals surface area (Å²) < 4.78 is 66.9. The fraction of sp³-hybridized carbons (Fsp3) is 0.381. The third-order valence-corrected chi connectivity index (χ3v) is 7.50. The van der Waals surface area contributed by atoms with Gasteiger partial charge in [0.15, 0.2) is 0 Å². The molecular weight excluding hydrogens is 467 g/mol. The summed E-state index contributed by atoms with van der Waals surface area (Å²) in [4.78, 5) is 14.3. The van der Waals surface area contributed by atoms with E-state index in [0.29, 0.717) is 5.56 Å². The Hall–Kier alpha value is -2.14. The molecule has 1 N–H and O–H groups in total. The lowest BCUT2D eigenvalue weighted by Gasteiger charge is -2.33. The number of alkyl halides is 3. The number of hydrogen-bond donors (Lipinski definition) is 1. The number of piperazine rings is 1. The van der Waals surface area contributed by atoms with Crippen molar-refractivity contribution in [3.05, 3.63) is 58.1 Å². The number of sulfonamides is 1. The van der Waals surface area contributed by atoms with Gasteiger partial charge >= 0.3 is 6.18 Å². The molecule has 0 unspecified atom stereocenters. The molecule has 0 radical (unpaired) electrons. The molecule has 11 heteroatoms. The van der Waals surface area contributed by atoms with Gasteiger partial charge in [-0.05, 0) is 43.7 Å². The summed E-state index contributed by atoms with van der Waals surface area (Å²) in [6.07, 6.45) is -4.67. The van der Waals surface area contributed by atoms with E-state index in [1.54, 1.807) is 30.0 Å². The second-order valence-corrected chi connectivity index (χ2v) is 10.0. The smallest absolute Gasteiger partial charge is 0.324 e. The molecule has 1 heterocycles. The Morgan fingerprint density at radius 3 is 2.31 bits per heavy atom. The van der Waals surface area contributed by atoms with Gasteiger partial charge in [0.25, 0.3) is 0 Å². The van der Waals surface area contributed by atoms with Crippen molar-refractivity contribution in [3.8, 4) is 0 Å². The minimum Gasteiger partial charge on any atom is -0.324 e. The van der Waals surface area contributed by atoms with E-state index < -0.39 is 27.7 Å². The van der Waals surface area contributed by atoms with E-state index in [0.717, 1.165) is 17.7 Å². The highest BCUT2D eigenvalue weighted by Gasteiger charge is 2.35. The van der Waals surface area contributed by atoms with Crippen LogP contribution in [0.3, 0.4) is 0 Å². The largest absolute Gasteiger partial charge is 0.418 e. The molecule has 1 saturated heterocycles. The van der Waals surface area contributed by atoms with Gasteiger partial charge in [-0.15, -0.1) is 0 Å². The van der Waals surface area contributed by atoms with Crippen LogP contribution >= 0.6 is 11.6 Å². The zero-order valence-electron chi connectivity index (χ0n) is 17.5. The zero-order chi connectivity index (χ0) is 23.7. The van der Waals surface area contributed by atoms with Gasteiger partial charge in [-0.3, -0.25) is 9.69 Å². The first-order valence-corrected chi connectivity index (χ1v) is 11.7. The van der Waals surface area contributed by atoms with Crippen molar-refractivity contribution in [3.63, 3.8) is 0 Å². The fourth-order valence-electron chi connectivity index (χ4n) is 3.61. The first kappa shape index (κ1) is 24.5. The van der Waals surface area contributed by atoms with Crippen LogP contribution in [0.2, 0.25) is 5.02 Å². The van der Waals surface area contributed by atoms with Crippen molar-refractivity contribution in [2.24, 2.45) is 0 Å².